The van der Waals surface area contributed by atoms with Gasteiger partial charge in [-0.3, -0.25) is 0 Å². The Bertz CT molecular complexity index is 839. The molecule has 0 aliphatic heterocycles. The summed E-state index contributed by atoms with van der Waals surface area (Å²) in [6.45, 7) is 2.75. The lowest BCUT2D eigenvalue weighted by Gasteiger charge is -2.26. The van der Waals surface area contributed by atoms with Gasteiger partial charge in [0.25, 0.3) is 5.89 Å². The van der Waals surface area contributed by atoms with Crippen molar-refractivity contribution in [2.75, 3.05) is 18.5 Å². The molecule has 0 amide bonds. The fourth-order valence-corrected chi connectivity index (χ4v) is 3.28. The maximum atomic E-state index is 5.34. The Morgan fingerprint density at radius 2 is 1.92 bits per heavy atom. The van der Waals surface area contributed by atoms with Gasteiger partial charge in [-0.2, -0.15) is 4.98 Å². The Labute approximate surface area is 141 Å². The highest BCUT2D eigenvalue weighted by Crippen LogP contribution is 2.49. The average Bonchev–Trinajstić information content (AvgIpc) is 3.27. The molecule has 3 aromatic rings. The van der Waals surface area contributed by atoms with E-state index in [1.165, 1.54) is 18.4 Å². The van der Waals surface area contributed by atoms with Crippen molar-refractivity contribution >= 4 is 5.82 Å². The molecule has 1 saturated carbocycles. The number of benzene rings is 1. The number of nitrogens with zero attached hydrogens (tertiary/aromatic N) is 4. The second kappa shape index (κ2) is 5.74. The number of pyridine rings is 1. The zero-order chi connectivity index (χ0) is 16.6. The summed E-state index contributed by atoms with van der Waals surface area (Å²) in [7, 11) is 2.08. The van der Waals surface area contributed by atoms with Gasteiger partial charge in [-0.1, -0.05) is 35.5 Å². The molecule has 0 radical (unpaired) electrons. The second-order valence-corrected chi connectivity index (χ2v) is 6.52. The van der Waals surface area contributed by atoms with Crippen LogP contribution in [0.15, 0.2) is 53.2 Å². The van der Waals surface area contributed by atoms with Crippen molar-refractivity contribution in [2.45, 2.75) is 25.2 Å². The minimum Gasteiger partial charge on any atom is -0.358 e. The largest absolute Gasteiger partial charge is 0.358 e. The quantitative estimate of drug-likeness (QED) is 0.719. The summed E-state index contributed by atoms with van der Waals surface area (Å²) in [5.74, 6) is 2.03. The van der Waals surface area contributed by atoms with Gasteiger partial charge in [0.15, 0.2) is 5.82 Å². The van der Waals surface area contributed by atoms with Gasteiger partial charge in [-0.15, -0.1) is 0 Å². The molecule has 1 aliphatic carbocycles. The highest BCUT2D eigenvalue weighted by atomic mass is 16.5. The topological polar surface area (TPSA) is 55.1 Å². The molecule has 122 valence electrons. The molecule has 2 aromatic heterocycles. The molecule has 0 N–H and O–H groups in total. The van der Waals surface area contributed by atoms with Gasteiger partial charge in [0.1, 0.15) is 5.82 Å². The van der Waals surface area contributed by atoms with Crippen LogP contribution in [0, 0.1) is 6.92 Å². The van der Waals surface area contributed by atoms with Crippen LogP contribution < -0.4 is 4.90 Å². The zero-order valence-corrected chi connectivity index (χ0v) is 13.9. The van der Waals surface area contributed by atoms with E-state index in [9.17, 15) is 0 Å². The molecule has 5 nitrogen and oxygen atoms in total. The first-order chi connectivity index (χ1) is 11.7. The van der Waals surface area contributed by atoms with Crippen molar-refractivity contribution in [3.63, 3.8) is 0 Å². The van der Waals surface area contributed by atoms with E-state index in [2.05, 4.69) is 57.4 Å². The first-order valence-corrected chi connectivity index (χ1v) is 8.20. The molecule has 0 atom stereocenters. The van der Waals surface area contributed by atoms with E-state index in [4.69, 9.17) is 4.52 Å². The Hall–Kier alpha value is -2.69. The SMILES string of the molecule is Cc1noc(-c2cccnc2N(C)CC2(c3ccccc3)CC2)n1. The maximum absolute atomic E-state index is 5.34. The summed E-state index contributed by atoms with van der Waals surface area (Å²) in [6, 6.07) is 14.6. The third-order valence-electron chi connectivity index (χ3n) is 4.69. The number of anilines is 1. The molecule has 5 heteroatoms. The van der Waals surface area contributed by atoms with Crippen molar-refractivity contribution < 1.29 is 4.52 Å². The smallest absolute Gasteiger partial charge is 0.261 e. The van der Waals surface area contributed by atoms with E-state index in [1.54, 1.807) is 6.20 Å². The van der Waals surface area contributed by atoms with Crippen LogP contribution in [-0.2, 0) is 5.41 Å². The predicted molar refractivity (Wildman–Crippen MR) is 92.9 cm³/mol. The van der Waals surface area contributed by atoms with Crippen molar-refractivity contribution in [3.8, 4) is 11.5 Å². The summed E-state index contributed by atoms with van der Waals surface area (Å²) >= 11 is 0. The molecular formula is C19H20N4O. The zero-order valence-electron chi connectivity index (χ0n) is 13.9. The van der Waals surface area contributed by atoms with Gasteiger partial charge in [0.05, 0.1) is 5.56 Å². The van der Waals surface area contributed by atoms with Crippen LogP contribution in [0.1, 0.15) is 24.2 Å². The van der Waals surface area contributed by atoms with Crippen LogP contribution in [0.4, 0.5) is 5.82 Å². The van der Waals surface area contributed by atoms with Crippen LogP contribution in [0.2, 0.25) is 0 Å². The van der Waals surface area contributed by atoms with Gasteiger partial charge in [0, 0.05) is 25.2 Å². The predicted octanol–water partition coefficient (Wildman–Crippen LogP) is 3.61. The molecule has 4 rings (SSSR count). The Kier molecular flexibility index (Phi) is 3.56. The average molecular weight is 320 g/mol. The molecule has 0 spiro atoms. The van der Waals surface area contributed by atoms with Gasteiger partial charge in [-0.05, 0) is 37.5 Å². The van der Waals surface area contributed by atoms with E-state index in [0.29, 0.717) is 11.7 Å². The molecule has 0 unspecified atom stereocenters. The molecule has 0 saturated heterocycles. The van der Waals surface area contributed by atoms with E-state index in [0.717, 1.165) is 17.9 Å². The van der Waals surface area contributed by atoms with Crippen molar-refractivity contribution in [1.82, 2.24) is 15.1 Å². The molecule has 1 aliphatic rings. The van der Waals surface area contributed by atoms with Crippen LogP contribution >= 0.6 is 0 Å². The number of hydrogen-bond acceptors (Lipinski definition) is 5. The molecular weight excluding hydrogens is 300 g/mol. The minimum absolute atomic E-state index is 0.232. The standard InChI is InChI=1S/C19H20N4O/c1-14-21-18(24-22-14)16-9-6-12-20-17(16)23(2)13-19(10-11-19)15-7-4-3-5-8-15/h3-9,12H,10-11,13H2,1-2H3. The lowest BCUT2D eigenvalue weighted by atomic mass is 9.95. The van der Waals surface area contributed by atoms with Crippen molar-refractivity contribution in [3.05, 3.63) is 60.0 Å². The van der Waals surface area contributed by atoms with Crippen LogP contribution in [0.25, 0.3) is 11.5 Å². The Morgan fingerprint density at radius 3 is 2.58 bits per heavy atom. The second-order valence-electron chi connectivity index (χ2n) is 6.52. The van der Waals surface area contributed by atoms with Gasteiger partial charge < -0.3 is 9.42 Å². The summed E-state index contributed by atoms with van der Waals surface area (Å²) in [4.78, 5) is 11.1. The lowest BCUT2D eigenvalue weighted by Crippen LogP contribution is -2.30. The van der Waals surface area contributed by atoms with E-state index < -0.39 is 0 Å². The van der Waals surface area contributed by atoms with Gasteiger partial charge >= 0.3 is 0 Å². The highest BCUT2D eigenvalue weighted by Gasteiger charge is 2.45. The molecule has 0 bridgehead atoms. The molecule has 24 heavy (non-hydrogen) atoms. The van der Waals surface area contributed by atoms with Crippen LogP contribution in [0.5, 0.6) is 0 Å². The summed E-state index contributed by atoms with van der Waals surface area (Å²) in [5, 5.41) is 3.90. The van der Waals surface area contributed by atoms with Gasteiger partial charge in [0.2, 0.25) is 0 Å². The highest BCUT2D eigenvalue weighted by molar-refractivity contribution is 5.69. The van der Waals surface area contributed by atoms with E-state index >= 15 is 0 Å². The normalized spacial score (nSPS) is 15.2. The van der Waals surface area contributed by atoms with E-state index in [-0.39, 0.29) is 5.41 Å². The number of aromatic nitrogens is 3. The third kappa shape index (κ3) is 2.66. The first-order valence-electron chi connectivity index (χ1n) is 8.20. The van der Waals surface area contributed by atoms with Gasteiger partial charge in [-0.25, -0.2) is 4.98 Å². The first kappa shape index (κ1) is 14.9. The third-order valence-corrected chi connectivity index (χ3v) is 4.69. The van der Waals surface area contributed by atoms with Crippen LogP contribution in [-0.4, -0.2) is 28.7 Å². The minimum atomic E-state index is 0.232. The van der Waals surface area contributed by atoms with Crippen LogP contribution in [0.3, 0.4) is 0 Å². The van der Waals surface area contributed by atoms with E-state index in [1.807, 2.05) is 19.1 Å². The maximum Gasteiger partial charge on any atom is 0.261 e. The van der Waals surface area contributed by atoms with Crippen molar-refractivity contribution in [2.24, 2.45) is 0 Å². The molecule has 1 fully saturated rings. The summed E-state index contributed by atoms with van der Waals surface area (Å²) < 4.78 is 5.34. The summed E-state index contributed by atoms with van der Waals surface area (Å²) in [6.07, 6.45) is 4.23. The number of rotatable bonds is 5. The lowest BCUT2D eigenvalue weighted by molar-refractivity contribution is 0.425. The number of hydrogen-bond donors (Lipinski definition) is 0. The molecule has 2 heterocycles. The monoisotopic (exact) mass is 320 g/mol. The Morgan fingerprint density at radius 1 is 1.12 bits per heavy atom. The molecule has 1 aromatic carbocycles. The number of aryl methyl sites for hydroxylation is 1. The summed E-state index contributed by atoms with van der Waals surface area (Å²) in [5.41, 5.74) is 2.52. The number of likely N-dealkylation sites (N-methyl/N-ethyl adjacent to an activating group) is 1. The fourth-order valence-electron chi connectivity index (χ4n) is 3.28. The Balaban J connectivity index is 1.63. The van der Waals surface area contributed by atoms with Crippen molar-refractivity contribution in [1.29, 1.82) is 0 Å². The fraction of sp³-hybridized carbons (Fsp3) is 0.316.